The number of nitrogens with zero attached hydrogens (tertiary/aromatic N) is 1. The Bertz CT molecular complexity index is 715. The summed E-state index contributed by atoms with van der Waals surface area (Å²) in [5, 5.41) is 3.87. The lowest BCUT2D eigenvalue weighted by Crippen LogP contribution is -2.08. The summed E-state index contributed by atoms with van der Waals surface area (Å²) in [4.78, 5) is 0. The van der Waals surface area contributed by atoms with Crippen molar-refractivity contribution in [2.45, 2.75) is 13.1 Å². The van der Waals surface area contributed by atoms with Gasteiger partial charge in [0.15, 0.2) is 11.5 Å². The Morgan fingerprint density at radius 3 is 2.54 bits per heavy atom. The molecule has 0 aromatic heterocycles. The van der Waals surface area contributed by atoms with E-state index in [1.54, 1.807) is 18.2 Å². The van der Waals surface area contributed by atoms with Crippen molar-refractivity contribution in [1.82, 2.24) is 0 Å². The second kappa shape index (κ2) is 7.72. The minimum absolute atomic E-state index is 0.112. The molecule has 0 unspecified atom stereocenters. The maximum atomic E-state index is 12.9. The molecule has 2 aromatic carbocycles. The van der Waals surface area contributed by atoms with Crippen molar-refractivity contribution in [3.8, 4) is 11.5 Å². The molecule has 0 aliphatic heterocycles. The number of anilines is 1. The maximum absolute atomic E-state index is 12.9. The normalized spacial score (nSPS) is 11.5. The van der Waals surface area contributed by atoms with Gasteiger partial charge >= 0.3 is 6.18 Å². The molecule has 0 aliphatic carbocycles. The number of halogens is 3. The molecule has 0 heterocycles. The van der Waals surface area contributed by atoms with Crippen LogP contribution in [0.1, 0.15) is 18.1 Å². The Labute approximate surface area is 137 Å². The molecule has 0 radical (unpaired) electrons. The molecule has 2 rings (SSSR count). The predicted octanol–water partition coefficient (Wildman–Crippen LogP) is 4.56. The summed E-state index contributed by atoms with van der Waals surface area (Å²) in [6.07, 6.45) is -3.03. The van der Waals surface area contributed by atoms with Crippen LogP contribution in [-0.4, -0.2) is 19.9 Å². The number of alkyl halides is 3. The molecule has 24 heavy (non-hydrogen) atoms. The molecule has 1 N–H and O–H groups in total. The first-order valence-corrected chi connectivity index (χ1v) is 7.22. The predicted molar refractivity (Wildman–Crippen MR) is 86.8 cm³/mol. The van der Waals surface area contributed by atoms with E-state index in [0.29, 0.717) is 23.7 Å². The zero-order chi connectivity index (χ0) is 17.6. The van der Waals surface area contributed by atoms with E-state index in [0.717, 1.165) is 6.07 Å². The Morgan fingerprint density at radius 2 is 1.88 bits per heavy atom. The summed E-state index contributed by atoms with van der Waals surface area (Å²) in [5.41, 5.74) is 2.20. The summed E-state index contributed by atoms with van der Waals surface area (Å²) in [5.74, 6) is 1.11. The maximum Gasteiger partial charge on any atom is 0.418 e. The second-order valence-corrected chi connectivity index (χ2v) is 4.76. The van der Waals surface area contributed by atoms with Crippen LogP contribution < -0.4 is 14.9 Å². The van der Waals surface area contributed by atoms with Crippen molar-refractivity contribution in [1.29, 1.82) is 0 Å². The number of rotatable bonds is 6. The monoisotopic (exact) mass is 338 g/mol. The second-order valence-electron chi connectivity index (χ2n) is 4.76. The smallest absolute Gasteiger partial charge is 0.418 e. The minimum Gasteiger partial charge on any atom is -0.493 e. The van der Waals surface area contributed by atoms with Crippen LogP contribution in [0, 0.1) is 0 Å². The van der Waals surface area contributed by atoms with Crippen LogP contribution in [0.15, 0.2) is 47.6 Å². The first kappa shape index (κ1) is 17.7. The van der Waals surface area contributed by atoms with Crippen molar-refractivity contribution in [3.63, 3.8) is 0 Å². The van der Waals surface area contributed by atoms with Gasteiger partial charge < -0.3 is 9.47 Å². The van der Waals surface area contributed by atoms with Crippen molar-refractivity contribution in [3.05, 3.63) is 53.6 Å². The van der Waals surface area contributed by atoms with Crippen LogP contribution in [0.4, 0.5) is 18.9 Å². The molecule has 7 heteroatoms. The lowest BCUT2D eigenvalue weighted by atomic mass is 10.2. The third-order valence-corrected chi connectivity index (χ3v) is 3.12. The third kappa shape index (κ3) is 4.41. The SMILES string of the molecule is CCOc1ccc(/C=N\Nc2ccccc2C(F)(F)F)cc1OC. The lowest BCUT2D eigenvalue weighted by Gasteiger charge is -2.11. The van der Waals surface area contributed by atoms with Crippen LogP contribution in [0.3, 0.4) is 0 Å². The van der Waals surface area contributed by atoms with E-state index in [1.807, 2.05) is 6.92 Å². The Kier molecular flexibility index (Phi) is 5.68. The van der Waals surface area contributed by atoms with Crippen molar-refractivity contribution in [2.75, 3.05) is 19.1 Å². The average molecular weight is 338 g/mol. The van der Waals surface area contributed by atoms with E-state index in [4.69, 9.17) is 9.47 Å². The summed E-state index contributed by atoms with van der Waals surface area (Å²) in [6, 6.07) is 10.3. The van der Waals surface area contributed by atoms with Gasteiger partial charge in [-0.25, -0.2) is 0 Å². The van der Waals surface area contributed by atoms with Gasteiger partial charge in [0.05, 0.1) is 31.2 Å². The zero-order valence-electron chi connectivity index (χ0n) is 13.2. The highest BCUT2D eigenvalue weighted by Crippen LogP contribution is 2.34. The molecule has 0 aliphatic rings. The highest BCUT2D eigenvalue weighted by Gasteiger charge is 2.33. The first-order valence-electron chi connectivity index (χ1n) is 7.22. The summed E-state index contributed by atoms with van der Waals surface area (Å²) < 4.78 is 49.3. The van der Waals surface area contributed by atoms with Gasteiger partial charge in [-0.15, -0.1) is 0 Å². The number of hydrogen-bond donors (Lipinski definition) is 1. The van der Waals surface area contributed by atoms with Gasteiger partial charge in [0, 0.05) is 0 Å². The van der Waals surface area contributed by atoms with Gasteiger partial charge in [-0.05, 0) is 42.8 Å². The highest BCUT2D eigenvalue weighted by molar-refractivity contribution is 5.81. The van der Waals surface area contributed by atoms with Gasteiger partial charge in [-0.1, -0.05) is 12.1 Å². The molecule has 0 amide bonds. The molecule has 0 spiro atoms. The van der Waals surface area contributed by atoms with Gasteiger partial charge in [-0.3, -0.25) is 5.43 Å². The van der Waals surface area contributed by atoms with Gasteiger partial charge in [0.1, 0.15) is 0 Å². The molecular weight excluding hydrogens is 321 g/mol. The third-order valence-electron chi connectivity index (χ3n) is 3.12. The topological polar surface area (TPSA) is 42.8 Å². The minimum atomic E-state index is -4.44. The summed E-state index contributed by atoms with van der Waals surface area (Å²) in [7, 11) is 1.51. The van der Waals surface area contributed by atoms with Gasteiger partial charge in [0.2, 0.25) is 0 Å². The number of para-hydroxylation sites is 1. The summed E-state index contributed by atoms with van der Waals surface area (Å²) >= 11 is 0. The fourth-order valence-electron chi connectivity index (χ4n) is 2.04. The van der Waals surface area contributed by atoms with E-state index in [9.17, 15) is 13.2 Å². The van der Waals surface area contributed by atoms with Crippen LogP contribution in [0.25, 0.3) is 0 Å². The molecule has 128 valence electrons. The van der Waals surface area contributed by atoms with E-state index < -0.39 is 11.7 Å². The van der Waals surface area contributed by atoms with Gasteiger partial charge in [0.25, 0.3) is 0 Å². The Balaban J connectivity index is 2.16. The fourth-order valence-corrected chi connectivity index (χ4v) is 2.04. The largest absolute Gasteiger partial charge is 0.493 e. The van der Waals surface area contributed by atoms with Crippen LogP contribution in [0.2, 0.25) is 0 Å². The van der Waals surface area contributed by atoms with Gasteiger partial charge in [-0.2, -0.15) is 18.3 Å². The molecule has 0 atom stereocenters. The zero-order valence-corrected chi connectivity index (χ0v) is 13.2. The average Bonchev–Trinajstić information content (AvgIpc) is 2.56. The van der Waals surface area contributed by atoms with Crippen LogP contribution in [0.5, 0.6) is 11.5 Å². The molecule has 4 nitrogen and oxygen atoms in total. The molecule has 2 aromatic rings. The number of hydrazone groups is 1. The van der Waals surface area contributed by atoms with E-state index in [1.165, 1.54) is 31.5 Å². The summed E-state index contributed by atoms with van der Waals surface area (Å²) in [6.45, 7) is 2.36. The van der Waals surface area contributed by atoms with E-state index in [2.05, 4.69) is 10.5 Å². The first-order chi connectivity index (χ1) is 11.5. The fraction of sp³-hybridized carbons (Fsp3) is 0.235. The quantitative estimate of drug-likeness (QED) is 0.620. The lowest BCUT2D eigenvalue weighted by molar-refractivity contribution is -0.136. The van der Waals surface area contributed by atoms with Crippen LogP contribution in [-0.2, 0) is 6.18 Å². The molecular formula is C17H17F3N2O2. The number of methoxy groups -OCH3 is 1. The van der Waals surface area contributed by atoms with Crippen LogP contribution >= 0.6 is 0 Å². The van der Waals surface area contributed by atoms with Crippen molar-refractivity contribution >= 4 is 11.9 Å². The highest BCUT2D eigenvalue weighted by atomic mass is 19.4. The standard InChI is InChI=1S/C17H17F3N2O2/c1-3-24-15-9-8-12(10-16(15)23-2)11-21-22-14-7-5-4-6-13(14)17(18,19)20/h4-11,22H,3H2,1-2H3/b21-11-. The molecule has 0 bridgehead atoms. The van der Waals surface area contributed by atoms with E-state index >= 15 is 0 Å². The number of hydrogen-bond acceptors (Lipinski definition) is 4. The Hall–Kier alpha value is -2.70. The molecule has 0 saturated carbocycles. The molecule has 0 fully saturated rings. The number of ether oxygens (including phenoxy) is 2. The Morgan fingerprint density at radius 1 is 1.12 bits per heavy atom. The van der Waals surface area contributed by atoms with E-state index in [-0.39, 0.29) is 5.69 Å². The number of benzene rings is 2. The van der Waals surface area contributed by atoms with Crippen molar-refractivity contribution in [2.24, 2.45) is 5.10 Å². The van der Waals surface area contributed by atoms with Crippen molar-refractivity contribution < 1.29 is 22.6 Å². The number of nitrogens with one attached hydrogen (secondary N) is 1. The molecule has 0 saturated heterocycles.